The van der Waals surface area contributed by atoms with Crippen molar-refractivity contribution in [1.29, 1.82) is 0 Å². The largest absolute Gasteiger partial charge is 0.467 e. The van der Waals surface area contributed by atoms with Crippen LogP contribution in [0.2, 0.25) is 0 Å². The standard InChI is InChI=1S/C23H26N2O3S2/c26-21(15-18-9-5-13-29-18)25(16-19-10-6-14-30-19)22(20-11-4-12-28-20)23(27)24-17-7-2-1-3-8-17/h4-6,9-14,17,22H,1-3,7-8,15-16H2,(H,24,27)/t22-/m0/s1. The summed E-state index contributed by atoms with van der Waals surface area (Å²) in [6.45, 7) is 0.380. The monoisotopic (exact) mass is 442 g/mol. The molecule has 5 nitrogen and oxygen atoms in total. The van der Waals surface area contributed by atoms with Crippen LogP contribution >= 0.6 is 22.7 Å². The number of thiophene rings is 2. The van der Waals surface area contributed by atoms with Gasteiger partial charge >= 0.3 is 0 Å². The lowest BCUT2D eigenvalue weighted by Gasteiger charge is -2.32. The molecule has 1 fully saturated rings. The van der Waals surface area contributed by atoms with E-state index in [0.717, 1.165) is 35.4 Å². The Hall–Kier alpha value is -2.38. The van der Waals surface area contributed by atoms with Crippen LogP contribution in [0.25, 0.3) is 0 Å². The molecule has 0 bridgehead atoms. The molecule has 3 heterocycles. The third kappa shape index (κ3) is 5.21. The van der Waals surface area contributed by atoms with E-state index in [9.17, 15) is 9.59 Å². The van der Waals surface area contributed by atoms with Crippen LogP contribution in [0.3, 0.4) is 0 Å². The minimum Gasteiger partial charge on any atom is -0.467 e. The number of hydrogen-bond donors (Lipinski definition) is 1. The summed E-state index contributed by atoms with van der Waals surface area (Å²) in [6.07, 6.45) is 7.30. The topological polar surface area (TPSA) is 62.6 Å². The quantitative estimate of drug-likeness (QED) is 0.524. The molecule has 1 saturated carbocycles. The lowest BCUT2D eigenvalue weighted by molar-refractivity contribution is -0.142. The number of carbonyl (C=O) groups excluding carboxylic acids is 2. The summed E-state index contributed by atoms with van der Waals surface area (Å²) in [7, 11) is 0. The molecule has 2 amide bonds. The van der Waals surface area contributed by atoms with Crippen LogP contribution in [0.15, 0.2) is 57.8 Å². The summed E-state index contributed by atoms with van der Waals surface area (Å²) in [5, 5.41) is 7.15. The zero-order valence-electron chi connectivity index (χ0n) is 16.8. The summed E-state index contributed by atoms with van der Waals surface area (Å²) >= 11 is 3.14. The zero-order chi connectivity index (χ0) is 20.8. The Morgan fingerprint density at radius 3 is 2.40 bits per heavy atom. The smallest absolute Gasteiger partial charge is 0.250 e. The number of furan rings is 1. The van der Waals surface area contributed by atoms with Crippen LogP contribution in [-0.4, -0.2) is 22.8 Å². The second-order valence-electron chi connectivity index (χ2n) is 7.62. The highest BCUT2D eigenvalue weighted by Gasteiger charge is 2.35. The Bertz CT molecular complexity index is 914. The number of nitrogens with one attached hydrogen (secondary N) is 1. The summed E-state index contributed by atoms with van der Waals surface area (Å²) in [4.78, 5) is 30.5. The van der Waals surface area contributed by atoms with Gasteiger partial charge in [-0.15, -0.1) is 22.7 Å². The van der Waals surface area contributed by atoms with Crippen molar-refractivity contribution in [1.82, 2.24) is 10.2 Å². The summed E-state index contributed by atoms with van der Waals surface area (Å²) in [5.41, 5.74) is 0. The van der Waals surface area contributed by atoms with Gasteiger partial charge < -0.3 is 14.6 Å². The normalized spacial score (nSPS) is 15.6. The molecule has 4 rings (SSSR count). The van der Waals surface area contributed by atoms with E-state index in [0.29, 0.717) is 12.3 Å². The van der Waals surface area contributed by atoms with Gasteiger partial charge in [0, 0.05) is 15.8 Å². The highest BCUT2D eigenvalue weighted by Crippen LogP contribution is 2.28. The van der Waals surface area contributed by atoms with Crippen LogP contribution < -0.4 is 5.32 Å². The van der Waals surface area contributed by atoms with E-state index in [1.54, 1.807) is 46.0 Å². The number of amides is 2. The molecule has 158 valence electrons. The van der Waals surface area contributed by atoms with E-state index in [4.69, 9.17) is 4.42 Å². The molecule has 0 saturated heterocycles. The number of nitrogens with zero attached hydrogens (tertiary/aromatic N) is 1. The second kappa shape index (κ2) is 10.1. The average molecular weight is 443 g/mol. The summed E-state index contributed by atoms with van der Waals surface area (Å²) in [5.74, 6) is 0.262. The first-order valence-corrected chi connectivity index (χ1v) is 12.1. The van der Waals surface area contributed by atoms with E-state index in [2.05, 4.69) is 5.32 Å². The van der Waals surface area contributed by atoms with Crippen molar-refractivity contribution in [3.05, 3.63) is 68.9 Å². The van der Waals surface area contributed by atoms with Crippen molar-refractivity contribution >= 4 is 34.5 Å². The fourth-order valence-electron chi connectivity index (χ4n) is 3.96. The Labute approximate surface area is 184 Å². The molecule has 0 radical (unpaired) electrons. The number of rotatable bonds is 8. The first-order chi connectivity index (χ1) is 14.7. The lowest BCUT2D eigenvalue weighted by Crippen LogP contribution is -2.47. The van der Waals surface area contributed by atoms with Gasteiger partial charge in [-0.25, -0.2) is 0 Å². The molecule has 3 aromatic rings. The highest BCUT2D eigenvalue weighted by atomic mass is 32.1. The van der Waals surface area contributed by atoms with Gasteiger partial charge in [-0.2, -0.15) is 0 Å². The molecule has 0 aromatic carbocycles. The van der Waals surface area contributed by atoms with Gasteiger partial charge in [0.25, 0.3) is 5.91 Å². The minimum atomic E-state index is -0.781. The molecule has 1 aliphatic rings. The molecule has 1 N–H and O–H groups in total. The van der Waals surface area contributed by atoms with Gasteiger partial charge in [0.1, 0.15) is 5.76 Å². The maximum absolute atomic E-state index is 13.4. The molecule has 0 spiro atoms. The molecular formula is C23H26N2O3S2. The maximum atomic E-state index is 13.4. The summed E-state index contributed by atoms with van der Waals surface area (Å²) in [6, 6.07) is 10.8. The van der Waals surface area contributed by atoms with Crippen LogP contribution in [0, 0.1) is 0 Å². The molecule has 1 aliphatic carbocycles. The van der Waals surface area contributed by atoms with E-state index >= 15 is 0 Å². The first-order valence-electron chi connectivity index (χ1n) is 10.4. The maximum Gasteiger partial charge on any atom is 0.250 e. The van der Waals surface area contributed by atoms with Crippen LogP contribution in [0.5, 0.6) is 0 Å². The van der Waals surface area contributed by atoms with E-state index in [1.807, 2.05) is 35.0 Å². The second-order valence-corrected chi connectivity index (χ2v) is 9.68. The van der Waals surface area contributed by atoms with Crippen molar-refractivity contribution in [2.45, 2.75) is 57.2 Å². The van der Waals surface area contributed by atoms with Crippen LogP contribution in [0.4, 0.5) is 0 Å². The van der Waals surface area contributed by atoms with Gasteiger partial charge in [-0.05, 0) is 47.9 Å². The molecule has 30 heavy (non-hydrogen) atoms. The van der Waals surface area contributed by atoms with E-state index in [1.165, 1.54) is 6.42 Å². The first kappa shape index (κ1) is 20.9. The van der Waals surface area contributed by atoms with E-state index in [-0.39, 0.29) is 24.3 Å². The number of hydrogen-bond acceptors (Lipinski definition) is 5. The van der Waals surface area contributed by atoms with Gasteiger partial charge in [-0.1, -0.05) is 31.4 Å². The molecular weight excluding hydrogens is 416 g/mol. The van der Waals surface area contributed by atoms with Crippen LogP contribution in [-0.2, 0) is 22.6 Å². The van der Waals surface area contributed by atoms with Crippen molar-refractivity contribution in [2.24, 2.45) is 0 Å². The van der Waals surface area contributed by atoms with Crippen molar-refractivity contribution < 1.29 is 14.0 Å². The van der Waals surface area contributed by atoms with Gasteiger partial charge in [0.15, 0.2) is 6.04 Å². The third-order valence-corrected chi connectivity index (χ3v) is 7.19. The van der Waals surface area contributed by atoms with Crippen molar-refractivity contribution in [2.75, 3.05) is 0 Å². The minimum absolute atomic E-state index is 0.0777. The third-order valence-electron chi connectivity index (χ3n) is 5.46. The molecule has 7 heteroatoms. The predicted octanol–water partition coefficient (Wildman–Crippen LogP) is 5.16. The SMILES string of the molecule is O=C(NC1CCCCC1)[C@H](c1ccco1)N(Cc1cccs1)C(=O)Cc1cccs1. The molecule has 0 unspecified atom stereocenters. The molecule has 3 aromatic heterocycles. The Morgan fingerprint density at radius 1 is 1.03 bits per heavy atom. The van der Waals surface area contributed by atoms with E-state index < -0.39 is 6.04 Å². The summed E-state index contributed by atoms with van der Waals surface area (Å²) < 4.78 is 5.64. The van der Waals surface area contributed by atoms with Gasteiger partial charge in [-0.3, -0.25) is 9.59 Å². The highest BCUT2D eigenvalue weighted by molar-refractivity contribution is 7.10. The van der Waals surface area contributed by atoms with Gasteiger partial charge in [0.05, 0.1) is 19.2 Å². The fraction of sp³-hybridized carbons (Fsp3) is 0.391. The van der Waals surface area contributed by atoms with Gasteiger partial charge in [0.2, 0.25) is 5.91 Å². The predicted molar refractivity (Wildman–Crippen MR) is 119 cm³/mol. The Kier molecular flexibility index (Phi) is 7.02. The average Bonchev–Trinajstić information content (AvgIpc) is 3.52. The molecule has 0 aliphatic heterocycles. The van der Waals surface area contributed by atoms with Crippen molar-refractivity contribution in [3.8, 4) is 0 Å². The molecule has 1 atom stereocenters. The Morgan fingerprint density at radius 2 is 1.77 bits per heavy atom. The lowest BCUT2D eigenvalue weighted by atomic mass is 9.95. The Balaban J connectivity index is 1.61. The fourth-order valence-corrected chi connectivity index (χ4v) is 5.35. The van der Waals surface area contributed by atoms with Crippen LogP contribution in [0.1, 0.15) is 53.7 Å². The number of carbonyl (C=O) groups is 2. The van der Waals surface area contributed by atoms with Crippen molar-refractivity contribution in [3.63, 3.8) is 0 Å². The zero-order valence-corrected chi connectivity index (χ0v) is 18.4.